The Balaban J connectivity index is 4.43. The van der Waals surface area contributed by atoms with Crippen LogP contribution < -0.4 is 10.2 Å². The zero-order valence-corrected chi connectivity index (χ0v) is 40.2. The largest absolute Gasteiger partial charge is 0.756 e. The van der Waals surface area contributed by atoms with E-state index in [1.807, 2.05) is 27.2 Å². The van der Waals surface area contributed by atoms with Gasteiger partial charge in [0.25, 0.3) is 7.82 Å². The highest BCUT2D eigenvalue weighted by Crippen LogP contribution is 2.38. The molecular formula is C52H89N2O6P. The Labute approximate surface area is 374 Å². The summed E-state index contributed by atoms with van der Waals surface area (Å²) in [5, 5.41) is 13.7. The molecule has 0 aromatic rings. The van der Waals surface area contributed by atoms with Crippen LogP contribution in [-0.2, 0) is 18.4 Å². The van der Waals surface area contributed by atoms with Crippen LogP contribution in [0.3, 0.4) is 0 Å². The molecule has 0 saturated heterocycles. The summed E-state index contributed by atoms with van der Waals surface area (Å²) in [6.45, 7) is 4.46. The number of quaternary nitrogens is 1. The van der Waals surface area contributed by atoms with E-state index < -0.39 is 26.6 Å². The number of aliphatic hydroxyl groups excluding tert-OH is 1. The number of nitrogens with zero attached hydrogens (tertiary/aromatic N) is 1. The number of rotatable bonds is 41. The van der Waals surface area contributed by atoms with Crippen molar-refractivity contribution in [3.05, 3.63) is 109 Å². The Morgan fingerprint density at radius 3 is 1.46 bits per heavy atom. The monoisotopic (exact) mass is 869 g/mol. The number of allylic oxidation sites excluding steroid dienone is 17. The lowest BCUT2D eigenvalue weighted by atomic mass is 10.1. The maximum atomic E-state index is 12.9. The SMILES string of the molecule is CC/C=C\C/C=C\C/C=C\C/C=C\C/C=C\C/C=C\C/C=C\C/C=C\CCCCC(=O)NC(COP(=O)([O-])OCC[N+](C)(C)C)C(O)/C=C/CCCCCCCCCCCC. The number of carbonyl (C=O) groups excluding carboxylic acids is 1. The lowest BCUT2D eigenvalue weighted by Crippen LogP contribution is -2.45. The summed E-state index contributed by atoms with van der Waals surface area (Å²) in [6.07, 6.45) is 61.4. The molecule has 61 heavy (non-hydrogen) atoms. The molecule has 0 aliphatic carbocycles. The van der Waals surface area contributed by atoms with Gasteiger partial charge in [-0.25, -0.2) is 0 Å². The van der Waals surface area contributed by atoms with Crippen molar-refractivity contribution in [1.29, 1.82) is 0 Å². The fourth-order valence-electron chi connectivity index (χ4n) is 5.99. The van der Waals surface area contributed by atoms with Crippen LogP contribution in [0.1, 0.15) is 162 Å². The van der Waals surface area contributed by atoms with Crippen molar-refractivity contribution in [2.24, 2.45) is 0 Å². The Kier molecular flexibility index (Phi) is 40.5. The number of hydrogen-bond donors (Lipinski definition) is 2. The van der Waals surface area contributed by atoms with Gasteiger partial charge in [0.05, 0.1) is 39.9 Å². The molecule has 348 valence electrons. The molecule has 0 saturated carbocycles. The third kappa shape index (κ3) is 45.0. The van der Waals surface area contributed by atoms with E-state index in [9.17, 15) is 19.4 Å². The standard InChI is InChI=1S/C52H89N2O6P/c1-6-8-10-12-14-16-18-20-21-22-23-24-25-26-27-28-29-30-31-32-33-34-36-38-40-42-44-46-52(56)53-50(49-60-61(57,58)59-48-47-54(3,4)5)51(55)45-43-41-39-37-35-19-17-15-13-11-9-7-2/h8,10,14,16,20-21,23-24,26-27,29-30,32-33,36,38,43,45,50-51,55H,6-7,9,11-13,15,17-19,22,25,28,31,34-35,37,39-42,44,46-49H2,1-5H3,(H-,53,56,57,58)/b10-8-,16-14-,21-20-,24-23-,27-26-,30-29-,33-32-,38-36-,45-43+. The molecule has 0 rings (SSSR count). The molecule has 8 nitrogen and oxygen atoms in total. The van der Waals surface area contributed by atoms with Crippen molar-refractivity contribution in [3.8, 4) is 0 Å². The molecule has 0 radical (unpaired) electrons. The summed E-state index contributed by atoms with van der Waals surface area (Å²) < 4.78 is 23.2. The highest BCUT2D eigenvalue weighted by molar-refractivity contribution is 7.45. The molecule has 0 bridgehead atoms. The summed E-state index contributed by atoms with van der Waals surface area (Å²) in [4.78, 5) is 25.3. The van der Waals surface area contributed by atoms with Crippen LogP contribution in [0, 0.1) is 0 Å². The average Bonchev–Trinajstić information content (AvgIpc) is 3.21. The van der Waals surface area contributed by atoms with Crippen molar-refractivity contribution in [2.45, 2.75) is 174 Å². The molecule has 0 fully saturated rings. The predicted octanol–water partition coefficient (Wildman–Crippen LogP) is 13.1. The number of aliphatic hydroxyl groups is 1. The Morgan fingerprint density at radius 1 is 0.590 bits per heavy atom. The minimum absolute atomic E-state index is 0.0162. The van der Waals surface area contributed by atoms with Gasteiger partial charge in [0.2, 0.25) is 5.91 Å². The van der Waals surface area contributed by atoms with Crippen LogP contribution in [0.5, 0.6) is 0 Å². The van der Waals surface area contributed by atoms with Gasteiger partial charge in [-0.05, 0) is 83.5 Å². The van der Waals surface area contributed by atoms with E-state index in [4.69, 9.17) is 9.05 Å². The summed E-state index contributed by atoms with van der Waals surface area (Å²) in [7, 11) is 1.21. The predicted molar refractivity (Wildman–Crippen MR) is 260 cm³/mol. The molecule has 1 amide bonds. The van der Waals surface area contributed by atoms with Crippen LogP contribution in [0.15, 0.2) is 109 Å². The molecule has 0 heterocycles. The third-order valence-electron chi connectivity index (χ3n) is 9.74. The second-order valence-corrected chi connectivity index (χ2v) is 18.1. The number of phosphoric ester groups is 1. The maximum Gasteiger partial charge on any atom is 0.268 e. The van der Waals surface area contributed by atoms with Gasteiger partial charge in [-0.15, -0.1) is 0 Å². The maximum absolute atomic E-state index is 12.9. The van der Waals surface area contributed by atoms with E-state index >= 15 is 0 Å². The van der Waals surface area contributed by atoms with Crippen molar-refractivity contribution < 1.29 is 32.9 Å². The van der Waals surface area contributed by atoms with Gasteiger partial charge in [0.15, 0.2) is 0 Å². The fraction of sp³-hybridized carbons (Fsp3) is 0.635. The van der Waals surface area contributed by atoms with Gasteiger partial charge in [-0.3, -0.25) is 9.36 Å². The van der Waals surface area contributed by atoms with Gasteiger partial charge in [0, 0.05) is 6.42 Å². The summed E-state index contributed by atoms with van der Waals surface area (Å²) in [5.74, 6) is -0.247. The minimum atomic E-state index is -4.61. The highest BCUT2D eigenvalue weighted by Gasteiger charge is 2.23. The third-order valence-corrected chi connectivity index (χ3v) is 10.7. The van der Waals surface area contributed by atoms with E-state index in [2.05, 4.69) is 116 Å². The second-order valence-electron chi connectivity index (χ2n) is 16.7. The lowest BCUT2D eigenvalue weighted by molar-refractivity contribution is -0.870. The van der Waals surface area contributed by atoms with Crippen molar-refractivity contribution in [2.75, 3.05) is 40.9 Å². The fourth-order valence-corrected chi connectivity index (χ4v) is 6.71. The molecule has 3 unspecified atom stereocenters. The molecule has 0 aromatic heterocycles. The van der Waals surface area contributed by atoms with Gasteiger partial charge < -0.3 is 28.8 Å². The molecule has 0 aromatic carbocycles. The van der Waals surface area contributed by atoms with E-state index in [1.165, 1.54) is 51.4 Å². The highest BCUT2D eigenvalue weighted by atomic mass is 31.2. The minimum Gasteiger partial charge on any atom is -0.756 e. The number of amides is 1. The van der Waals surface area contributed by atoms with Crippen LogP contribution in [0.2, 0.25) is 0 Å². The Hall–Kier alpha value is -2.84. The number of carbonyl (C=O) groups is 1. The molecule has 3 atom stereocenters. The topological polar surface area (TPSA) is 108 Å². The van der Waals surface area contributed by atoms with Crippen molar-refractivity contribution >= 4 is 13.7 Å². The van der Waals surface area contributed by atoms with Crippen LogP contribution in [0.25, 0.3) is 0 Å². The molecule has 0 aliphatic heterocycles. The number of hydrogen-bond acceptors (Lipinski definition) is 6. The summed E-state index contributed by atoms with van der Waals surface area (Å²) in [6, 6.07) is -0.916. The first-order valence-electron chi connectivity index (χ1n) is 23.7. The first-order chi connectivity index (χ1) is 29.5. The Bertz CT molecular complexity index is 1350. The first kappa shape index (κ1) is 58.2. The lowest BCUT2D eigenvalue weighted by Gasteiger charge is -2.29. The molecule has 0 aliphatic rings. The number of phosphoric acid groups is 1. The number of unbranched alkanes of at least 4 members (excludes halogenated alkanes) is 12. The van der Waals surface area contributed by atoms with Gasteiger partial charge in [0.1, 0.15) is 13.2 Å². The van der Waals surface area contributed by atoms with Crippen molar-refractivity contribution in [1.82, 2.24) is 5.32 Å². The summed E-state index contributed by atoms with van der Waals surface area (Å²) >= 11 is 0. The second kappa shape index (κ2) is 42.5. The summed E-state index contributed by atoms with van der Waals surface area (Å²) in [5.41, 5.74) is 0. The molecular weight excluding hydrogens is 780 g/mol. The first-order valence-corrected chi connectivity index (χ1v) is 25.2. The molecule has 2 N–H and O–H groups in total. The van der Waals surface area contributed by atoms with E-state index in [0.29, 0.717) is 17.4 Å². The number of likely N-dealkylation sites (N-methyl/N-ethyl adjacent to an activating group) is 1. The van der Waals surface area contributed by atoms with E-state index in [-0.39, 0.29) is 18.9 Å². The van der Waals surface area contributed by atoms with Gasteiger partial charge in [-0.1, -0.05) is 181 Å². The van der Waals surface area contributed by atoms with Gasteiger partial charge in [-0.2, -0.15) is 0 Å². The zero-order valence-electron chi connectivity index (χ0n) is 39.3. The smallest absolute Gasteiger partial charge is 0.268 e. The number of nitrogens with one attached hydrogen (secondary N) is 1. The average molecular weight is 869 g/mol. The van der Waals surface area contributed by atoms with E-state index in [0.717, 1.165) is 83.5 Å². The molecule has 0 spiro atoms. The van der Waals surface area contributed by atoms with Crippen LogP contribution >= 0.6 is 7.82 Å². The Morgan fingerprint density at radius 2 is 1.00 bits per heavy atom. The zero-order chi connectivity index (χ0) is 45.0. The molecule has 9 heteroatoms. The van der Waals surface area contributed by atoms with Crippen LogP contribution in [0.4, 0.5) is 0 Å². The normalized spacial score (nSPS) is 15.2. The van der Waals surface area contributed by atoms with Crippen molar-refractivity contribution in [3.63, 3.8) is 0 Å². The van der Waals surface area contributed by atoms with Crippen LogP contribution in [-0.4, -0.2) is 68.5 Å². The van der Waals surface area contributed by atoms with Gasteiger partial charge >= 0.3 is 0 Å². The van der Waals surface area contributed by atoms with E-state index in [1.54, 1.807) is 6.08 Å². The quantitative estimate of drug-likeness (QED) is 0.0274.